The zero-order valence-corrected chi connectivity index (χ0v) is 14.6. The summed E-state index contributed by atoms with van der Waals surface area (Å²) in [5.41, 5.74) is 6.79. The molecule has 0 aliphatic rings. The third kappa shape index (κ3) is 4.59. The second kappa shape index (κ2) is 7.82. The number of phenols is 1. The van der Waals surface area contributed by atoms with Crippen LogP contribution in [0.5, 0.6) is 5.75 Å². The van der Waals surface area contributed by atoms with Crippen LogP contribution in [-0.4, -0.2) is 5.11 Å². The number of rotatable bonds is 5. The van der Waals surface area contributed by atoms with E-state index in [1.807, 2.05) is 24.3 Å². The molecule has 2 aromatic rings. The van der Waals surface area contributed by atoms with Gasteiger partial charge in [-0.1, -0.05) is 65.8 Å². The topological polar surface area (TPSA) is 20.2 Å². The molecule has 0 atom stereocenters. The minimum atomic E-state index is 0.432. The highest BCUT2D eigenvalue weighted by Gasteiger charge is 2.12. The van der Waals surface area contributed by atoms with Crippen LogP contribution in [0.25, 0.3) is 11.1 Å². The standard InChI is InChI=1S/C22H26O/c1-16(2)10-12-19-13-15-20(18-8-6-5-7-9-18)21(22(19)23)14-11-17(3)4/h5-11,13,15,23H,12,14H2,1-4H3. The molecular formula is C22H26O. The lowest BCUT2D eigenvalue weighted by Crippen LogP contribution is -1.95. The molecule has 1 heteroatoms. The SMILES string of the molecule is CC(C)=CCc1ccc(-c2ccccc2)c(CC=C(C)C)c1O. The van der Waals surface area contributed by atoms with Crippen LogP contribution in [0.3, 0.4) is 0 Å². The van der Waals surface area contributed by atoms with Gasteiger partial charge < -0.3 is 5.11 Å². The van der Waals surface area contributed by atoms with E-state index in [0.717, 1.165) is 35.1 Å². The average Bonchev–Trinajstić information content (AvgIpc) is 2.52. The summed E-state index contributed by atoms with van der Waals surface area (Å²) in [5.74, 6) is 0.432. The largest absolute Gasteiger partial charge is 0.507 e. The van der Waals surface area contributed by atoms with Crippen molar-refractivity contribution in [3.63, 3.8) is 0 Å². The van der Waals surface area contributed by atoms with E-state index in [4.69, 9.17) is 0 Å². The van der Waals surface area contributed by atoms with Gasteiger partial charge in [-0.05, 0) is 57.2 Å². The molecular weight excluding hydrogens is 280 g/mol. The molecule has 2 aromatic carbocycles. The van der Waals surface area contributed by atoms with Crippen LogP contribution in [0.4, 0.5) is 0 Å². The van der Waals surface area contributed by atoms with Crippen LogP contribution in [0.2, 0.25) is 0 Å². The number of phenolic OH excluding ortho intramolecular Hbond substituents is 1. The smallest absolute Gasteiger partial charge is 0.123 e. The lowest BCUT2D eigenvalue weighted by atomic mass is 9.92. The van der Waals surface area contributed by atoms with Gasteiger partial charge in [0.15, 0.2) is 0 Å². The van der Waals surface area contributed by atoms with E-state index < -0.39 is 0 Å². The number of aromatic hydroxyl groups is 1. The van der Waals surface area contributed by atoms with Crippen molar-refractivity contribution in [2.24, 2.45) is 0 Å². The van der Waals surface area contributed by atoms with E-state index in [1.165, 1.54) is 11.1 Å². The number of hydrogen-bond donors (Lipinski definition) is 1. The molecule has 0 aliphatic heterocycles. The Hall–Kier alpha value is -2.28. The second-order valence-corrected chi connectivity index (χ2v) is 6.44. The van der Waals surface area contributed by atoms with Crippen molar-refractivity contribution in [2.75, 3.05) is 0 Å². The first-order chi connectivity index (χ1) is 11.0. The molecule has 2 rings (SSSR count). The molecule has 0 aromatic heterocycles. The quantitative estimate of drug-likeness (QED) is 0.664. The van der Waals surface area contributed by atoms with Gasteiger partial charge in [-0.2, -0.15) is 0 Å². The molecule has 1 nitrogen and oxygen atoms in total. The van der Waals surface area contributed by atoms with Crippen molar-refractivity contribution in [1.82, 2.24) is 0 Å². The molecule has 0 saturated carbocycles. The molecule has 0 spiro atoms. The molecule has 0 aliphatic carbocycles. The van der Waals surface area contributed by atoms with Crippen molar-refractivity contribution >= 4 is 0 Å². The summed E-state index contributed by atoms with van der Waals surface area (Å²) in [6, 6.07) is 14.5. The van der Waals surface area contributed by atoms with E-state index in [1.54, 1.807) is 0 Å². The molecule has 0 radical (unpaired) electrons. The van der Waals surface area contributed by atoms with Gasteiger partial charge in [-0.15, -0.1) is 0 Å². The maximum Gasteiger partial charge on any atom is 0.123 e. The van der Waals surface area contributed by atoms with E-state index >= 15 is 0 Å². The van der Waals surface area contributed by atoms with Crippen LogP contribution in [-0.2, 0) is 12.8 Å². The summed E-state index contributed by atoms with van der Waals surface area (Å²) >= 11 is 0. The van der Waals surface area contributed by atoms with Gasteiger partial charge in [0.05, 0.1) is 0 Å². The van der Waals surface area contributed by atoms with Gasteiger partial charge in [0, 0.05) is 5.56 Å². The Morgan fingerprint density at radius 1 is 0.826 bits per heavy atom. The number of benzene rings is 2. The Bertz CT molecular complexity index is 713. The van der Waals surface area contributed by atoms with Crippen molar-refractivity contribution in [3.8, 4) is 16.9 Å². The summed E-state index contributed by atoms with van der Waals surface area (Å²) in [5, 5.41) is 10.8. The Kier molecular flexibility index (Phi) is 5.81. The molecule has 0 heterocycles. The van der Waals surface area contributed by atoms with Crippen molar-refractivity contribution < 1.29 is 5.11 Å². The molecule has 1 N–H and O–H groups in total. The van der Waals surface area contributed by atoms with Gasteiger partial charge in [0.2, 0.25) is 0 Å². The van der Waals surface area contributed by atoms with Crippen LogP contribution >= 0.6 is 0 Å². The summed E-state index contributed by atoms with van der Waals surface area (Å²) in [4.78, 5) is 0. The molecule has 0 unspecified atom stereocenters. The first kappa shape index (κ1) is 17.1. The second-order valence-electron chi connectivity index (χ2n) is 6.44. The summed E-state index contributed by atoms with van der Waals surface area (Å²) in [6.07, 6.45) is 5.85. The van der Waals surface area contributed by atoms with E-state index in [0.29, 0.717) is 5.75 Å². The third-order valence-electron chi connectivity index (χ3n) is 3.90. The highest BCUT2D eigenvalue weighted by atomic mass is 16.3. The first-order valence-corrected chi connectivity index (χ1v) is 8.15. The average molecular weight is 306 g/mol. The highest BCUT2D eigenvalue weighted by molar-refractivity contribution is 5.71. The zero-order chi connectivity index (χ0) is 16.8. The fraction of sp³-hybridized carbons (Fsp3) is 0.273. The van der Waals surface area contributed by atoms with Gasteiger partial charge in [0.1, 0.15) is 5.75 Å². The van der Waals surface area contributed by atoms with Crippen LogP contribution < -0.4 is 0 Å². The lowest BCUT2D eigenvalue weighted by molar-refractivity contribution is 0.464. The van der Waals surface area contributed by atoms with Crippen molar-refractivity contribution in [2.45, 2.75) is 40.5 Å². The molecule has 120 valence electrons. The van der Waals surface area contributed by atoms with Crippen LogP contribution in [0, 0.1) is 0 Å². The maximum atomic E-state index is 10.8. The Balaban J connectivity index is 2.52. The number of hydrogen-bond acceptors (Lipinski definition) is 1. The van der Waals surface area contributed by atoms with Crippen molar-refractivity contribution in [3.05, 3.63) is 76.9 Å². The molecule has 0 bridgehead atoms. The minimum Gasteiger partial charge on any atom is -0.507 e. The van der Waals surface area contributed by atoms with Crippen LogP contribution in [0.15, 0.2) is 65.8 Å². The fourth-order valence-corrected chi connectivity index (χ4v) is 2.56. The predicted molar refractivity (Wildman–Crippen MR) is 99.8 cm³/mol. The third-order valence-corrected chi connectivity index (χ3v) is 3.90. The lowest BCUT2D eigenvalue weighted by Gasteiger charge is -2.14. The zero-order valence-electron chi connectivity index (χ0n) is 14.6. The van der Waals surface area contributed by atoms with Gasteiger partial charge in [-0.25, -0.2) is 0 Å². The van der Waals surface area contributed by atoms with Crippen molar-refractivity contribution in [1.29, 1.82) is 0 Å². The normalized spacial score (nSPS) is 10.3. The summed E-state index contributed by atoms with van der Waals surface area (Å²) < 4.78 is 0. The van der Waals surface area contributed by atoms with Gasteiger partial charge in [0.25, 0.3) is 0 Å². The Morgan fingerprint density at radius 2 is 1.43 bits per heavy atom. The Morgan fingerprint density at radius 3 is 2.04 bits per heavy atom. The van der Waals surface area contributed by atoms with E-state index in [9.17, 15) is 5.11 Å². The maximum absolute atomic E-state index is 10.8. The van der Waals surface area contributed by atoms with Gasteiger partial charge in [-0.3, -0.25) is 0 Å². The monoisotopic (exact) mass is 306 g/mol. The minimum absolute atomic E-state index is 0.432. The summed E-state index contributed by atoms with van der Waals surface area (Å²) in [6.45, 7) is 8.34. The number of allylic oxidation sites excluding steroid dienone is 4. The molecule has 23 heavy (non-hydrogen) atoms. The molecule has 0 fully saturated rings. The van der Waals surface area contributed by atoms with Gasteiger partial charge >= 0.3 is 0 Å². The van der Waals surface area contributed by atoms with Crippen LogP contribution in [0.1, 0.15) is 38.8 Å². The molecule has 0 saturated heterocycles. The first-order valence-electron chi connectivity index (χ1n) is 8.15. The van der Waals surface area contributed by atoms with E-state index in [2.05, 4.69) is 58.0 Å². The highest BCUT2D eigenvalue weighted by Crippen LogP contribution is 2.34. The predicted octanol–water partition coefficient (Wildman–Crippen LogP) is 6.08. The molecule has 0 amide bonds. The Labute approximate surface area is 140 Å². The fourth-order valence-electron chi connectivity index (χ4n) is 2.56. The van der Waals surface area contributed by atoms with E-state index in [-0.39, 0.29) is 0 Å². The summed E-state index contributed by atoms with van der Waals surface area (Å²) in [7, 11) is 0.